The second-order valence-corrected chi connectivity index (χ2v) is 5.55. The molecule has 2 rings (SSSR count). The normalized spacial score (nSPS) is 18.1. The Hall–Kier alpha value is -0.970. The Labute approximate surface area is 116 Å². The van der Waals surface area contributed by atoms with Crippen molar-refractivity contribution >= 4 is 0 Å². The van der Waals surface area contributed by atoms with Gasteiger partial charge in [-0.2, -0.15) is 0 Å². The number of pyridine rings is 1. The first-order valence-electron chi connectivity index (χ1n) is 7.30. The van der Waals surface area contributed by atoms with Gasteiger partial charge in [-0.1, -0.05) is 6.07 Å². The molecule has 1 saturated heterocycles. The monoisotopic (exact) mass is 262 g/mol. The van der Waals surface area contributed by atoms with Crippen molar-refractivity contribution in [3.63, 3.8) is 0 Å². The van der Waals surface area contributed by atoms with Gasteiger partial charge in [0.2, 0.25) is 0 Å². The maximum Gasteiger partial charge on any atom is 0.0416 e. The highest BCUT2D eigenvalue weighted by Crippen LogP contribution is 2.07. The number of hydrogen-bond acceptors (Lipinski definition) is 4. The zero-order chi connectivity index (χ0) is 13.5. The number of nitrogens with zero attached hydrogens (tertiary/aromatic N) is 3. The van der Waals surface area contributed by atoms with Crippen LogP contribution in [-0.4, -0.2) is 60.6 Å². The van der Waals surface area contributed by atoms with Crippen molar-refractivity contribution in [1.29, 1.82) is 0 Å². The number of piperidine rings is 1. The van der Waals surface area contributed by atoms with E-state index < -0.39 is 0 Å². The fraction of sp³-hybridized carbons (Fsp3) is 0.667. The highest BCUT2D eigenvalue weighted by molar-refractivity contribution is 5.03. The average Bonchev–Trinajstić information content (AvgIpc) is 2.45. The van der Waals surface area contributed by atoms with E-state index in [1.807, 2.05) is 12.3 Å². The largest absolute Gasteiger partial charge is 0.328 e. The summed E-state index contributed by atoms with van der Waals surface area (Å²) in [6.07, 6.45) is 5.20. The van der Waals surface area contributed by atoms with Crippen LogP contribution in [-0.2, 0) is 6.42 Å². The quantitative estimate of drug-likeness (QED) is 0.830. The van der Waals surface area contributed by atoms with Gasteiger partial charge in [0.05, 0.1) is 0 Å². The lowest BCUT2D eigenvalue weighted by Crippen LogP contribution is -2.42. The van der Waals surface area contributed by atoms with Gasteiger partial charge < -0.3 is 15.5 Å². The molecule has 1 aromatic heterocycles. The fourth-order valence-electron chi connectivity index (χ4n) is 2.45. The van der Waals surface area contributed by atoms with E-state index in [0.29, 0.717) is 6.04 Å². The Morgan fingerprint density at radius 3 is 2.79 bits per heavy atom. The van der Waals surface area contributed by atoms with Gasteiger partial charge in [-0.05, 0) is 45.1 Å². The number of aromatic nitrogens is 1. The van der Waals surface area contributed by atoms with Gasteiger partial charge in [-0.25, -0.2) is 0 Å². The molecule has 0 aromatic carbocycles. The molecule has 4 nitrogen and oxygen atoms in total. The first-order chi connectivity index (χ1) is 9.24. The molecule has 1 fully saturated rings. The van der Waals surface area contributed by atoms with Gasteiger partial charge in [0.15, 0.2) is 0 Å². The minimum Gasteiger partial charge on any atom is -0.328 e. The van der Waals surface area contributed by atoms with Crippen LogP contribution in [0.5, 0.6) is 0 Å². The molecule has 0 aliphatic carbocycles. The summed E-state index contributed by atoms with van der Waals surface area (Å²) in [5, 5.41) is 0. The van der Waals surface area contributed by atoms with Crippen LogP contribution < -0.4 is 5.73 Å². The summed E-state index contributed by atoms with van der Waals surface area (Å²) < 4.78 is 0. The molecule has 106 valence electrons. The van der Waals surface area contributed by atoms with Gasteiger partial charge in [0, 0.05) is 44.0 Å². The summed E-state index contributed by atoms with van der Waals surface area (Å²) in [7, 11) is 2.19. The van der Waals surface area contributed by atoms with Crippen LogP contribution in [0.3, 0.4) is 0 Å². The number of likely N-dealkylation sites (N-methyl/N-ethyl adjacent to an activating group) is 1. The Kier molecular flexibility index (Phi) is 5.76. The summed E-state index contributed by atoms with van der Waals surface area (Å²) in [6.45, 7) is 5.68. The summed E-state index contributed by atoms with van der Waals surface area (Å²) in [4.78, 5) is 9.28. The van der Waals surface area contributed by atoms with Gasteiger partial charge in [0.1, 0.15) is 0 Å². The van der Waals surface area contributed by atoms with Crippen molar-refractivity contribution in [3.8, 4) is 0 Å². The SMILES string of the molecule is CN(CCc1ccccn1)CCN1CCC(N)CC1. The predicted octanol–water partition coefficient (Wildman–Crippen LogP) is 0.979. The molecule has 0 atom stereocenters. The summed E-state index contributed by atoms with van der Waals surface area (Å²) in [5.74, 6) is 0. The van der Waals surface area contributed by atoms with Gasteiger partial charge in [-0.15, -0.1) is 0 Å². The molecule has 0 unspecified atom stereocenters. The zero-order valence-electron chi connectivity index (χ0n) is 12.0. The molecule has 0 radical (unpaired) electrons. The Morgan fingerprint density at radius 2 is 2.11 bits per heavy atom. The topological polar surface area (TPSA) is 45.4 Å². The van der Waals surface area contributed by atoms with Gasteiger partial charge in [0.25, 0.3) is 0 Å². The molecular formula is C15H26N4. The maximum absolute atomic E-state index is 5.92. The zero-order valence-corrected chi connectivity index (χ0v) is 12.0. The molecule has 1 aromatic rings. The molecule has 4 heteroatoms. The van der Waals surface area contributed by atoms with E-state index in [4.69, 9.17) is 5.73 Å². The molecule has 2 N–H and O–H groups in total. The standard InChI is InChI=1S/C15H26N4/c1-18(9-7-15-4-2-3-8-17-15)12-13-19-10-5-14(16)6-11-19/h2-4,8,14H,5-7,9-13,16H2,1H3. The predicted molar refractivity (Wildman–Crippen MR) is 79.1 cm³/mol. The van der Waals surface area contributed by atoms with E-state index in [2.05, 4.69) is 34.0 Å². The summed E-state index contributed by atoms with van der Waals surface area (Å²) in [5.41, 5.74) is 7.10. The van der Waals surface area contributed by atoms with E-state index in [1.54, 1.807) is 0 Å². The highest BCUT2D eigenvalue weighted by atomic mass is 15.2. The third-order valence-corrected chi connectivity index (χ3v) is 3.91. The molecule has 19 heavy (non-hydrogen) atoms. The number of hydrogen-bond donors (Lipinski definition) is 1. The lowest BCUT2D eigenvalue weighted by molar-refractivity contribution is 0.186. The molecule has 0 bridgehead atoms. The number of nitrogens with two attached hydrogens (primary N) is 1. The minimum absolute atomic E-state index is 0.429. The van der Waals surface area contributed by atoms with Crippen molar-refractivity contribution in [2.24, 2.45) is 5.73 Å². The molecular weight excluding hydrogens is 236 g/mol. The van der Waals surface area contributed by atoms with Crippen LogP contribution in [0.1, 0.15) is 18.5 Å². The Balaban J connectivity index is 1.61. The molecule has 0 amide bonds. The van der Waals surface area contributed by atoms with Crippen LogP contribution in [0.15, 0.2) is 24.4 Å². The number of rotatable bonds is 6. The van der Waals surface area contributed by atoms with E-state index in [0.717, 1.165) is 52.0 Å². The summed E-state index contributed by atoms with van der Waals surface area (Å²) in [6, 6.07) is 6.55. The first-order valence-corrected chi connectivity index (χ1v) is 7.30. The van der Waals surface area contributed by atoms with Gasteiger partial charge >= 0.3 is 0 Å². The van der Waals surface area contributed by atoms with Crippen LogP contribution >= 0.6 is 0 Å². The first kappa shape index (κ1) is 14.4. The second-order valence-electron chi connectivity index (χ2n) is 5.55. The lowest BCUT2D eigenvalue weighted by atomic mass is 10.1. The number of likely N-dealkylation sites (tertiary alicyclic amines) is 1. The van der Waals surface area contributed by atoms with Crippen molar-refractivity contribution in [1.82, 2.24) is 14.8 Å². The van der Waals surface area contributed by atoms with E-state index in [-0.39, 0.29) is 0 Å². The minimum atomic E-state index is 0.429. The van der Waals surface area contributed by atoms with Crippen LogP contribution in [0.2, 0.25) is 0 Å². The molecule has 1 aliphatic rings. The third-order valence-electron chi connectivity index (χ3n) is 3.91. The summed E-state index contributed by atoms with van der Waals surface area (Å²) >= 11 is 0. The Bertz CT molecular complexity index is 346. The fourth-order valence-corrected chi connectivity index (χ4v) is 2.45. The van der Waals surface area contributed by atoms with Crippen molar-refractivity contribution in [3.05, 3.63) is 30.1 Å². The smallest absolute Gasteiger partial charge is 0.0416 e. The molecule has 1 aliphatic heterocycles. The molecule has 2 heterocycles. The van der Waals surface area contributed by atoms with Crippen LogP contribution in [0.4, 0.5) is 0 Å². The van der Waals surface area contributed by atoms with Crippen LogP contribution in [0.25, 0.3) is 0 Å². The third kappa shape index (κ3) is 5.27. The highest BCUT2D eigenvalue weighted by Gasteiger charge is 2.15. The maximum atomic E-state index is 5.92. The van der Waals surface area contributed by atoms with E-state index >= 15 is 0 Å². The van der Waals surface area contributed by atoms with Crippen molar-refractivity contribution in [2.75, 3.05) is 39.8 Å². The molecule has 0 spiro atoms. The Morgan fingerprint density at radius 1 is 1.32 bits per heavy atom. The van der Waals surface area contributed by atoms with Crippen molar-refractivity contribution < 1.29 is 0 Å². The molecule has 0 saturated carbocycles. The van der Waals surface area contributed by atoms with Crippen molar-refractivity contribution in [2.45, 2.75) is 25.3 Å². The van der Waals surface area contributed by atoms with Crippen LogP contribution in [0, 0.1) is 0 Å². The van der Waals surface area contributed by atoms with E-state index in [9.17, 15) is 0 Å². The van der Waals surface area contributed by atoms with E-state index in [1.165, 1.54) is 5.69 Å². The van der Waals surface area contributed by atoms with Gasteiger partial charge in [-0.3, -0.25) is 4.98 Å². The second kappa shape index (κ2) is 7.58. The lowest BCUT2D eigenvalue weighted by Gasteiger charge is -2.31. The average molecular weight is 262 g/mol.